The van der Waals surface area contributed by atoms with Crippen LogP contribution in [-0.2, 0) is 6.42 Å². The Bertz CT molecular complexity index is 826. The standard InChI is InChI=1S/C24H30N2OS/c1-3-16-8-12-23(27)20-9-7-17(15-21(16)20)18-10-11-22(25-2)19(18)5-4-6-24-26-13-14-28-24/h7,9,13-16,18-19,22-23,27H,3-6,8,10-12H2,1H3. The zero-order chi connectivity index (χ0) is 19.5. The van der Waals surface area contributed by atoms with Crippen molar-refractivity contribution in [2.24, 2.45) is 5.92 Å². The Morgan fingerprint density at radius 3 is 2.86 bits per heavy atom. The molecule has 1 saturated carbocycles. The van der Waals surface area contributed by atoms with Gasteiger partial charge in [-0.05, 0) is 73.5 Å². The summed E-state index contributed by atoms with van der Waals surface area (Å²) in [6, 6.07) is 6.96. The molecule has 3 nitrogen and oxygen atoms in total. The Morgan fingerprint density at radius 1 is 1.21 bits per heavy atom. The molecule has 1 aromatic heterocycles. The lowest BCUT2D eigenvalue weighted by Crippen LogP contribution is -2.18. The molecule has 1 N–H and O–H groups in total. The van der Waals surface area contributed by atoms with Gasteiger partial charge in [0.15, 0.2) is 0 Å². The van der Waals surface area contributed by atoms with Crippen LogP contribution in [0.4, 0.5) is 0 Å². The van der Waals surface area contributed by atoms with E-state index in [1.807, 2.05) is 11.6 Å². The van der Waals surface area contributed by atoms with Crippen molar-refractivity contribution in [3.8, 4) is 0 Å². The SMILES string of the molecule is [C-]#[N+]C1CCC(c2ccc3c(c2)C(CC)CCC3O)C1CCCc1nccs1. The largest absolute Gasteiger partial charge is 0.388 e. The zero-order valence-corrected chi connectivity index (χ0v) is 17.5. The van der Waals surface area contributed by atoms with E-state index in [1.54, 1.807) is 11.3 Å². The second kappa shape index (κ2) is 8.76. The average Bonchev–Trinajstić information content (AvgIpc) is 3.38. The molecule has 2 aliphatic carbocycles. The molecule has 5 atom stereocenters. The van der Waals surface area contributed by atoms with Gasteiger partial charge < -0.3 is 9.95 Å². The summed E-state index contributed by atoms with van der Waals surface area (Å²) in [7, 11) is 0. The van der Waals surface area contributed by atoms with Crippen LogP contribution in [0.2, 0.25) is 0 Å². The minimum Gasteiger partial charge on any atom is -0.388 e. The average molecular weight is 395 g/mol. The number of aromatic nitrogens is 1. The number of aliphatic hydroxyl groups excluding tert-OH is 1. The van der Waals surface area contributed by atoms with Gasteiger partial charge in [0.05, 0.1) is 11.1 Å². The van der Waals surface area contributed by atoms with Gasteiger partial charge >= 0.3 is 0 Å². The van der Waals surface area contributed by atoms with Crippen LogP contribution in [0.25, 0.3) is 4.85 Å². The normalized spacial score (nSPS) is 29.4. The van der Waals surface area contributed by atoms with Crippen molar-refractivity contribution < 1.29 is 5.11 Å². The summed E-state index contributed by atoms with van der Waals surface area (Å²) >= 11 is 1.73. The molecule has 4 rings (SSSR count). The van der Waals surface area contributed by atoms with Crippen LogP contribution in [0.5, 0.6) is 0 Å². The number of hydrogen-bond acceptors (Lipinski definition) is 3. The monoisotopic (exact) mass is 394 g/mol. The number of benzene rings is 1. The van der Waals surface area contributed by atoms with Crippen LogP contribution >= 0.6 is 11.3 Å². The molecule has 0 radical (unpaired) electrons. The molecule has 2 aromatic rings. The fourth-order valence-corrected chi connectivity index (χ4v) is 6.12. The molecular weight excluding hydrogens is 364 g/mol. The van der Waals surface area contributed by atoms with E-state index < -0.39 is 0 Å². The summed E-state index contributed by atoms with van der Waals surface area (Å²) in [6.07, 6.45) is 10.1. The van der Waals surface area contributed by atoms with E-state index in [4.69, 9.17) is 6.57 Å². The number of fused-ring (bicyclic) bond motifs is 1. The Hall–Kier alpha value is -1.70. The van der Waals surface area contributed by atoms with E-state index in [2.05, 4.69) is 35.0 Å². The van der Waals surface area contributed by atoms with Crippen molar-refractivity contribution in [2.45, 2.75) is 82.3 Å². The maximum atomic E-state index is 10.4. The maximum Gasteiger partial charge on any atom is 0.227 e. The summed E-state index contributed by atoms with van der Waals surface area (Å²) in [5.41, 5.74) is 3.91. The van der Waals surface area contributed by atoms with E-state index >= 15 is 0 Å². The Labute approximate surface area is 172 Å². The highest BCUT2D eigenvalue weighted by Gasteiger charge is 2.41. The number of hydrogen-bond donors (Lipinski definition) is 1. The highest BCUT2D eigenvalue weighted by atomic mass is 32.1. The molecule has 0 aliphatic heterocycles. The van der Waals surface area contributed by atoms with Crippen LogP contribution in [0, 0.1) is 12.5 Å². The number of aliphatic hydroxyl groups is 1. The predicted octanol–water partition coefficient (Wildman–Crippen LogP) is 6.27. The van der Waals surface area contributed by atoms with Gasteiger partial charge in [0, 0.05) is 23.9 Å². The van der Waals surface area contributed by atoms with E-state index in [0.717, 1.165) is 56.9 Å². The maximum absolute atomic E-state index is 10.4. The lowest BCUT2D eigenvalue weighted by Gasteiger charge is -2.30. The van der Waals surface area contributed by atoms with Gasteiger partial charge in [-0.25, -0.2) is 11.6 Å². The lowest BCUT2D eigenvalue weighted by atomic mass is 9.76. The second-order valence-corrected chi connectivity index (χ2v) is 9.43. The fraction of sp³-hybridized carbons (Fsp3) is 0.583. The topological polar surface area (TPSA) is 37.5 Å². The van der Waals surface area contributed by atoms with Gasteiger partial charge in [-0.3, -0.25) is 0 Å². The van der Waals surface area contributed by atoms with E-state index in [9.17, 15) is 5.11 Å². The quantitative estimate of drug-likeness (QED) is 0.586. The van der Waals surface area contributed by atoms with Gasteiger partial charge in [0.2, 0.25) is 6.04 Å². The van der Waals surface area contributed by atoms with Gasteiger partial charge in [-0.15, -0.1) is 11.3 Å². The minimum atomic E-state index is -0.305. The van der Waals surface area contributed by atoms with Crippen molar-refractivity contribution in [2.75, 3.05) is 0 Å². The molecule has 0 spiro atoms. The van der Waals surface area contributed by atoms with E-state index in [1.165, 1.54) is 16.1 Å². The molecular formula is C24H30N2OS. The van der Waals surface area contributed by atoms with Crippen molar-refractivity contribution in [3.63, 3.8) is 0 Å². The molecule has 2 aliphatic rings. The van der Waals surface area contributed by atoms with Crippen LogP contribution in [0.1, 0.15) is 91.5 Å². The summed E-state index contributed by atoms with van der Waals surface area (Å²) in [5, 5.41) is 13.7. The highest BCUT2D eigenvalue weighted by Crippen LogP contribution is 2.46. The zero-order valence-electron chi connectivity index (χ0n) is 16.7. The first-order chi connectivity index (χ1) is 13.7. The smallest absolute Gasteiger partial charge is 0.227 e. The van der Waals surface area contributed by atoms with Crippen molar-refractivity contribution in [1.29, 1.82) is 0 Å². The van der Waals surface area contributed by atoms with E-state index in [-0.39, 0.29) is 12.1 Å². The predicted molar refractivity (Wildman–Crippen MR) is 115 cm³/mol. The minimum absolute atomic E-state index is 0.157. The summed E-state index contributed by atoms with van der Waals surface area (Å²) < 4.78 is 0. The summed E-state index contributed by atoms with van der Waals surface area (Å²) in [5.74, 6) is 1.50. The summed E-state index contributed by atoms with van der Waals surface area (Å²) in [4.78, 5) is 8.39. The van der Waals surface area contributed by atoms with Gasteiger partial charge in [0.1, 0.15) is 0 Å². The Kier molecular flexibility index (Phi) is 6.13. The molecule has 0 bridgehead atoms. The number of thiazole rings is 1. The van der Waals surface area contributed by atoms with Crippen LogP contribution < -0.4 is 0 Å². The molecule has 1 aromatic carbocycles. The molecule has 0 saturated heterocycles. The van der Waals surface area contributed by atoms with E-state index in [0.29, 0.717) is 17.8 Å². The van der Waals surface area contributed by atoms with Crippen molar-refractivity contribution in [1.82, 2.24) is 4.98 Å². The molecule has 4 heteroatoms. The van der Waals surface area contributed by atoms with Crippen LogP contribution in [-0.4, -0.2) is 16.1 Å². The van der Waals surface area contributed by atoms with Gasteiger partial charge in [-0.2, -0.15) is 0 Å². The highest BCUT2D eigenvalue weighted by molar-refractivity contribution is 7.09. The third-order valence-electron chi connectivity index (χ3n) is 6.98. The molecule has 28 heavy (non-hydrogen) atoms. The second-order valence-electron chi connectivity index (χ2n) is 8.45. The van der Waals surface area contributed by atoms with Crippen LogP contribution in [0.15, 0.2) is 29.8 Å². The molecule has 5 unspecified atom stereocenters. The first kappa shape index (κ1) is 19.6. The molecule has 1 heterocycles. The number of rotatable bonds is 6. The fourth-order valence-electron chi connectivity index (χ4n) is 5.45. The summed E-state index contributed by atoms with van der Waals surface area (Å²) in [6.45, 7) is 9.93. The third kappa shape index (κ3) is 3.88. The first-order valence-corrected chi connectivity index (χ1v) is 11.7. The molecule has 0 amide bonds. The van der Waals surface area contributed by atoms with Gasteiger partial charge in [-0.1, -0.05) is 25.1 Å². The Morgan fingerprint density at radius 2 is 2.11 bits per heavy atom. The molecule has 148 valence electrons. The number of nitrogens with zero attached hydrogens (tertiary/aromatic N) is 2. The first-order valence-electron chi connectivity index (χ1n) is 10.8. The van der Waals surface area contributed by atoms with Crippen molar-refractivity contribution >= 4 is 11.3 Å². The molecule has 1 fully saturated rings. The van der Waals surface area contributed by atoms with Gasteiger partial charge in [0.25, 0.3) is 0 Å². The Balaban J connectivity index is 1.53. The van der Waals surface area contributed by atoms with Crippen LogP contribution in [0.3, 0.4) is 0 Å². The van der Waals surface area contributed by atoms with Crippen molar-refractivity contribution in [3.05, 3.63) is 62.9 Å². The lowest BCUT2D eigenvalue weighted by molar-refractivity contribution is 0.150. The third-order valence-corrected chi connectivity index (χ3v) is 7.82. The number of aryl methyl sites for hydroxylation is 1.